The molecule has 2 unspecified atom stereocenters. The Labute approximate surface area is 67.9 Å². The Kier molecular flexibility index (Phi) is 3.60. The van der Waals surface area contributed by atoms with Crippen LogP contribution in [0, 0.1) is 5.92 Å². The lowest BCUT2D eigenvalue weighted by Gasteiger charge is -2.11. The average Bonchev–Trinajstić information content (AvgIpc) is 2.40. The number of ether oxygens (including phenoxy) is 1. The third-order valence-electron chi connectivity index (χ3n) is 2.07. The van der Waals surface area contributed by atoms with Crippen LogP contribution in [0.1, 0.15) is 19.3 Å². The normalized spacial score (nSPS) is 26.8. The minimum atomic E-state index is -0.209. The Morgan fingerprint density at radius 3 is 3.09 bits per heavy atom. The standard InChI is InChI=1S/C9H16O2/c1-2-3-9(10)6-8-4-5-11-7-8/h2,8-10H,1,3-7H2. The highest BCUT2D eigenvalue weighted by Gasteiger charge is 2.18. The second-order valence-electron chi connectivity index (χ2n) is 3.14. The molecule has 1 heterocycles. The maximum atomic E-state index is 9.38. The molecule has 0 amide bonds. The van der Waals surface area contributed by atoms with Crippen LogP contribution in [0.15, 0.2) is 12.7 Å². The summed E-state index contributed by atoms with van der Waals surface area (Å²) < 4.78 is 5.20. The highest BCUT2D eigenvalue weighted by molar-refractivity contribution is 4.76. The van der Waals surface area contributed by atoms with E-state index >= 15 is 0 Å². The van der Waals surface area contributed by atoms with Crippen LogP contribution in [-0.4, -0.2) is 24.4 Å². The first kappa shape index (κ1) is 8.75. The molecule has 1 saturated heterocycles. The van der Waals surface area contributed by atoms with Crippen molar-refractivity contribution in [3.8, 4) is 0 Å². The lowest BCUT2D eigenvalue weighted by molar-refractivity contribution is 0.131. The van der Waals surface area contributed by atoms with Crippen LogP contribution >= 0.6 is 0 Å². The molecule has 2 heteroatoms. The van der Waals surface area contributed by atoms with Crippen molar-refractivity contribution in [2.24, 2.45) is 5.92 Å². The third kappa shape index (κ3) is 3.04. The quantitative estimate of drug-likeness (QED) is 0.622. The van der Waals surface area contributed by atoms with Gasteiger partial charge in [-0.1, -0.05) is 6.08 Å². The van der Waals surface area contributed by atoms with Gasteiger partial charge in [0.05, 0.1) is 6.10 Å². The van der Waals surface area contributed by atoms with Crippen LogP contribution in [0.5, 0.6) is 0 Å². The van der Waals surface area contributed by atoms with Crippen molar-refractivity contribution >= 4 is 0 Å². The van der Waals surface area contributed by atoms with Crippen molar-refractivity contribution in [1.82, 2.24) is 0 Å². The van der Waals surface area contributed by atoms with E-state index in [0.29, 0.717) is 12.3 Å². The zero-order chi connectivity index (χ0) is 8.10. The lowest BCUT2D eigenvalue weighted by Crippen LogP contribution is -2.12. The smallest absolute Gasteiger partial charge is 0.0578 e. The number of aliphatic hydroxyl groups is 1. The van der Waals surface area contributed by atoms with E-state index in [-0.39, 0.29) is 6.10 Å². The molecule has 0 spiro atoms. The molecule has 1 aliphatic rings. The molecule has 1 N–H and O–H groups in total. The van der Waals surface area contributed by atoms with Crippen LogP contribution < -0.4 is 0 Å². The molecule has 0 aliphatic carbocycles. The van der Waals surface area contributed by atoms with Crippen molar-refractivity contribution < 1.29 is 9.84 Å². The molecule has 1 fully saturated rings. The van der Waals surface area contributed by atoms with E-state index < -0.39 is 0 Å². The Hall–Kier alpha value is -0.340. The molecule has 2 nitrogen and oxygen atoms in total. The second kappa shape index (κ2) is 4.52. The van der Waals surface area contributed by atoms with E-state index in [1.54, 1.807) is 6.08 Å². The summed E-state index contributed by atoms with van der Waals surface area (Å²) in [4.78, 5) is 0. The van der Waals surface area contributed by atoms with Gasteiger partial charge < -0.3 is 9.84 Å². The first-order valence-corrected chi connectivity index (χ1v) is 4.19. The van der Waals surface area contributed by atoms with E-state index in [4.69, 9.17) is 4.74 Å². The topological polar surface area (TPSA) is 29.5 Å². The highest BCUT2D eigenvalue weighted by atomic mass is 16.5. The maximum Gasteiger partial charge on any atom is 0.0578 e. The van der Waals surface area contributed by atoms with Gasteiger partial charge in [-0.05, 0) is 25.2 Å². The summed E-state index contributed by atoms with van der Waals surface area (Å²) in [5.41, 5.74) is 0. The molecule has 1 rings (SSSR count). The van der Waals surface area contributed by atoms with Crippen molar-refractivity contribution in [3.05, 3.63) is 12.7 Å². The summed E-state index contributed by atoms with van der Waals surface area (Å²) in [5.74, 6) is 0.574. The predicted molar refractivity (Wildman–Crippen MR) is 44.4 cm³/mol. The maximum absolute atomic E-state index is 9.38. The molecule has 0 aromatic carbocycles. The van der Waals surface area contributed by atoms with Gasteiger partial charge in [-0.3, -0.25) is 0 Å². The number of hydrogen-bond donors (Lipinski definition) is 1. The second-order valence-corrected chi connectivity index (χ2v) is 3.14. The van der Waals surface area contributed by atoms with E-state index in [1.165, 1.54) is 0 Å². The van der Waals surface area contributed by atoms with Crippen LogP contribution in [-0.2, 0) is 4.74 Å². The minimum absolute atomic E-state index is 0.209. The highest BCUT2D eigenvalue weighted by Crippen LogP contribution is 2.19. The molecular weight excluding hydrogens is 140 g/mol. The van der Waals surface area contributed by atoms with E-state index in [0.717, 1.165) is 26.1 Å². The Balaban J connectivity index is 2.12. The molecular formula is C9H16O2. The van der Waals surface area contributed by atoms with Gasteiger partial charge in [0, 0.05) is 13.2 Å². The number of rotatable bonds is 4. The first-order chi connectivity index (χ1) is 5.33. The van der Waals surface area contributed by atoms with Gasteiger partial charge in [-0.2, -0.15) is 0 Å². The largest absolute Gasteiger partial charge is 0.393 e. The van der Waals surface area contributed by atoms with Gasteiger partial charge in [0.2, 0.25) is 0 Å². The van der Waals surface area contributed by atoms with Gasteiger partial charge in [0.1, 0.15) is 0 Å². The van der Waals surface area contributed by atoms with Gasteiger partial charge in [0.15, 0.2) is 0 Å². The van der Waals surface area contributed by atoms with Crippen molar-refractivity contribution in [2.75, 3.05) is 13.2 Å². The van der Waals surface area contributed by atoms with E-state index in [1.807, 2.05) is 0 Å². The average molecular weight is 156 g/mol. The van der Waals surface area contributed by atoms with Crippen LogP contribution in [0.2, 0.25) is 0 Å². The molecule has 0 aromatic rings. The molecule has 0 bridgehead atoms. The summed E-state index contributed by atoms with van der Waals surface area (Å²) in [5, 5.41) is 9.38. The zero-order valence-electron chi connectivity index (χ0n) is 6.83. The summed E-state index contributed by atoms with van der Waals surface area (Å²) >= 11 is 0. The van der Waals surface area contributed by atoms with Crippen LogP contribution in [0.3, 0.4) is 0 Å². The van der Waals surface area contributed by atoms with Crippen LogP contribution in [0.25, 0.3) is 0 Å². The molecule has 0 saturated carbocycles. The fourth-order valence-corrected chi connectivity index (χ4v) is 1.44. The molecule has 2 atom stereocenters. The van der Waals surface area contributed by atoms with Gasteiger partial charge in [0.25, 0.3) is 0 Å². The van der Waals surface area contributed by atoms with Crippen molar-refractivity contribution in [3.63, 3.8) is 0 Å². The van der Waals surface area contributed by atoms with Crippen molar-refractivity contribution in [1.29, 1.82) is 0 Å². The van der Waals surface area contributed by atoms with Gasteiger partial charge in [-0.15, -0.1) is 6.58 Å². The van der Waals surface area contributed by atoms with Crippen LogP contribution in [0.4, 0.5) is 0 Å². The minimum Gasteiger partial charge on any atom is -0.393 e. The zero-order valence-corrected chi connectivity index (χ0v) is 6.83. The fourth-order valence-electron chi connectivity index (χ4n) is 1.44. The molecule has 0 radical (unpaired) electrons. The predicted octanol–water partition coefficient (Wildman–Crippen LogP) is 1.35. The molecule has 11 heavy (non-hydrogen) atoms. The van der Waals surface area contributed by atoms with E-state index in [2.05, 4.69) is 6.58 Å². The number of hydrogen-bond acceptors (Lipinski definition) is 2. The summed E-state index contributed by atoms with van der Waals surface area (Å²) in [6.45, 7) is 5.28. The molecule has 0 aromatic heterocycles. The monoisotopic (exact) mass is 156 g/mol. The Morgan fingerprint density at radius 2 is 2.55 bits per heavy atom. The van der Waals surface area contributed by atoms with Gasteiger partial charge >= 0.3 is 0 Å². The Bertz CT molecular complexity index is 117. The lowest BCUT2D eigenvalue weighted by atomic mass is 9.99. The summed E-state index contributed by atoms with van der Waals surface area (Å²) in [7, 11) is 0. The third-order valence-corrected chi connectivity index (χ3v) is 2.07. The SMILES string of the molecule is C=CCC(O)CC1CCOC1. The van der Waals surface area contributed by atoms with Crippen molar-refractivity contribution in [2.45, 2.75) is 25.4 Å². The molecule has 1 aliphatic heterocycles. The molecule has 64 valence electrons. The number of aliphatic hydroxyl groups excluding tert-OH is 1. The summed E-state index contributed by atoms with van der Waals surface area (Å²) in [6.07, 6.45) is 4.23. The fraction of sp³-hybridized carbons (Fsp3) is 0.778. The summed E-state index contributed by atoms with van der Waals surface area (Å²) in [6, 6.07) is 0. The van der Waals surface area contributed by atoms with E-state index in [9.17, 15) is 5.11 Å². The first-order valence-electron chi connectivity index (χ1n) is 4.19. The Morgan fingerprint density at radius 1 is 1.73 bits per heavy atom. The van der Waals surface area contributed by atoms with Gasteiger partial charge in [-0.25, -0.2) is 0 Å².